The molecule has 0 N–H and O–H groups in total. The lowest BCUT2D eigenvalue weighted by atomic mass is 10.1. The molecule has 4 nitrogen and oxygen atoms in total. The van der Waals surface area contributed by atoms with Crippen LogP contribution in [0.1, 0.15) is 60.8 Å². The van der Waals surface area contributed by atoms with Gasteiger partial charge < -0.3 is 0 Å². The molecule has 114 valence electrons. The lowest BCUT2D eigenvalue weighted by Crippen LogP contribution is -2.44. The van der Waals surface area contributed by atoms with Crippen molar-refractivity contribution in [3.05, 3.63) is 0 Å². The SMILES string of the molecule is CC(C)(C)N1CCCCO1.CC(C)(C)N1CCCO1. The Kier molecular flexibility index (Phi) is 6.24. The third-order valence-electron chi connectivity index (χ3n) is 3.25. The van der Waals surface area contributed by atoms with Crippen molar-refractivity contribution >= 4 is 0 Å². The number of hydrogen-bond acceptors (Lipinski definition) is 4. The fraction of sp³-hybridized carbons (Fsp3) is 1.00. The van der Waals surface area contributed by atoms with E-state index in [-0.39, 0.29) is 11.1 Å². The molecule has 0 aromatic rings. The Labute approximate surface area is 118 Å². The Hall–Kier alpha value is -0.160. The highest BCUT2D eigenvalue weighted by atomic mass is 16.7. The molecule has 4 heteroatoms. The second-order valence-electron chi connectivity index (χ2n) is 7.27. The first-order valence-corrected chi connectivity index (χ1v) is 7.52. The van der Waals surface area contributed by atoms with Crippen LogP contribution in [0.15, 0.2) is 0 Å². The van der Waals surface area contributed by atoms with Crippen LogP contribution in [0.3, 0.4) is 0 Å². The zero-order valence-corrected chi connectivity index (χ0v) is 13.7. The molecule has 2 aliphatic rings. The topological polar surface area (TPSA) is 24.9 Å². The van der Waals surface area contributed by atoms with Gasteiger partial charge >= 0.3 is 0 Å². The molecule has 2 aliphatic heterocycles. The van der Waals surface area contributed by atoms with Crippen LogP contribution in [0, 0.1) is 0 Å². The van der Waals surface area contributed by atoms with Gasteiger partial charge in [-0.25, -0.2) is 0 Å². The maximum absolute atomic E-state index is 5.48. The minimum atomic E-state index is 0.181. The van der Waals surface area contributed by atoms with Crippen molar-refractivity contribution in [2.24, 2.45) is 0 Å². The largest absolute Gasteiger partial charge is 0.298 e. The number of rotatable bonds is 0. The minimum Gasteiger partial charge on any atom is -0.298 e. The Morgan fingerprint density at radius 3 is 1.32 bits per heavy atom. The number of hydrogen-bond donors (Lipinski definition) is 0. The highest BCUT2D eigenvalue weighted by molar-refractivity contribution is 4.72. The maximum Gasteiger partial charge on any atom is 0.0698 e. The van der Waals surface area contributed by atoms with Gasteiger partial charge in [0.25, 0.3) is 0 Å². The first-order valence-electron chi connectivity index (χ1n) is 7.52. The van der Waals surface area contributed by atoms with Crippen LogP contribution in [0.5, 0.6) is 0 Å². The molecule has 0 spiro atoms. The molecule has 0 unspecified atom stereocenters. The third kappa shape index (κ3) is 6.21. The van der Waals surface area contributed by atoms with Gasteiger partial charge in [0.15, 0.2) is 0 Å². The van der Waals surface area contributed by atoms with Crippen molar-refractivity contribution in [3.8, 4) is 0 Å². The molecule has 2 fully saturated rings. The monoisotopic (exact) mass is 272 g/mol. The second kappa shape index (κ2) is 7.02. The zero-order chi connectivity index (χ0) is 14.5. The summed E-state index contributed by atoms with van der Waals surface area (Å²) < 4.78 is 0. The number of nitrogens with zero attached hydrogens (tertiary/aromatic N) is 2. The summed E-state index contributed by atoms with van der Waals surface area (Å²) >= 11 is 0. The van der Waals surface area contributed by atoms with E-state index in [4.69, 9.17) is 9.68 Å². The molecule has 0 saturated carbocycles. The van der Waals surface area contributed by atoms with Gasteiger partial charge in [-0.2, -0.15) is 10.1 Å². The highest BCUT2D eigenvalue weighted by Crippen LogP contribution is 2.18. The quantitative estimate of drug-likeness (QED) is 0.676. The van der Waals surface area contributed by atoms with Gasteiger partial charge in [0.1, 0.15) is 0 Å². The first kappa shape index (κ1) is 16.9. The van der Waals surface area contributed by atoms with Crippen LogP contribution in [0.4, 0.5) is 0 Å². The van der Waals surface area contributed by atoms with Crippen molar-refractivity contribution in [2.45, 2.75) is 71.9 Å². The van der Waals surface area contributed by atoms with Crippen LogP contribution >= 0.6 is 0 Å². The fourth-order valence-corrected chi connectivity index (χ4v) is 2.10. The van der Waals surface area contributed by atoms with Crippen LogP contribution in [0.25, 0.3) is 0 Å². The van der Waals surface area contributed by atoms with E-state index >= 15 is 0 Å². The smallest absolute Gasteiger partial charge is 0.0698 e. The fourth-order valence-electron chi connectivity index (χ4n) is 2.10. The van der Waals surface area contributed by atoms with E-state index in [9.17, 15) is 0 Å². The average molecular weight is 272 g/mol. The molecule has 0 aromatic heterocycles. The van der Waals surface area contributed by atoms with Crippen molar-refractivity contribution in [1.82, 2.24) is 10.1 Å². The first-order chi connectivity index (χ1) is 8.71. The van der Waals surface area contributed by atoms with Gasteiger partial charge in [-0.3, -0.25) is 9.68 Å². The Morgan fingerprint density at radius 1 is 0.632 bits per heavy atom. The molecule has 0 aromatic carbocycles. The highest BCUT2D eigenvalue weighted by Gasteiger charge is 2.25. The lowest BCUT2D eigenvalue weighted by Gasteiger charge is -2.36. The molecule has 0 amide bonds. The predicted octanol–water partition coefficient (Wildman–Crippen LogP) is 3.23. The van der Waals surface area contributed by atoms with Crippen molar-refractivity contribution in [3.63, 3.8) is 0 Å². The van der Waals surface area contributed by atoms with Crippen molar-refractivity contribution in [1.29, 1.82) is 0 Å². The summed E-state index contributed by atoms with van der Waals surface area (Å²) in [6.07, 6.45) is 3.67. The van der Waals surface area contributed by atoms with E-state index in [2.05, 4.69) is 46.6 Å². The summed E-state index contributed by atoms with van der Waals surface area (Å²) in [5.74, 6) is 0. The Bertz CT molecular complexity index is 244. The van der Waals surface area contributed by atoms with E-state index in [1.54, 1.807) is 0 Å². The number of hydroxylamine groups is 4. The zero-order valence-electron chi connectivity index (χ0n) is 13.7. The van der Waals surface area contributed by atoms with Crippen molar-refractivity contribution in [2.75, 3.05) is 26.3 Å². The van der Waals surface area contributed by atoms with Gasteiger partial charge in [0.05, 0.1) is 13.2 Å². The lowest BCUT2D eigenvalue weighted by molar-refractivity contribution is -0.227. The van der Waals surface area contributed by atoms with Gasteiger partial charge in [-0.05, 0) is 60.8 Å². The molecule has 2 rings (SSSR count). The summed E-state index contributed by atoms with van der Waals surface area (Å²) in [6.45, 7) is 17.0. The summed E-state index contributed by atoms with van der Waals surface area (Å²) in [6, 6.07) is 0. The Balaban J connectivity index is 0.000000191. The molecule has 19 heavy (non-hydrogen) atoms. The second-order valence-corrected chi connectivity index (χ2v) is 7.27. The summed E-state index contributed by atoms with van der Waals surface area (Å²) in [4.78, 5) is 10.8. The van der Waals surface area contributed by atoms with Crippen LogP contribution in [-0.4, -0.2) is 47.5 Å². The normalized spacial score (nSPS) is 23.1. The third-order valence-corrected chi connectivity index (χ3v) is 3.25. The standard InChI is InChI=1S/C8H17NO.C7H15NO/c1-8(2,3)9-6-4-5-7-10-9;1-7(2,3)8-5-4-6-9-8/h4-7H2,1-3H3;4-6H2,1-3H3. The van der Waals surface area contributed by atoms with E-state index in [1.165, 1.54) is 19.3 Å². The average Bonchev–Trinajstić information content (AvgIpc) is 2.83. The van der Waals surface area contributed by atoms with Gasteiger partial charge in [0, 0.05) is 24.2 Å². The van der Waals surface area contributed by atoms with Crippen molar-refractivity contribution < 1.29 is 9.68 Å². The maximum atomic E-state index is 5.48. The van der Waals surface area contributed by atoms with Gasteiger partial charge in [0.2, 0.25) is 0 Å². The minimum absolute atomic E-state index is 0.181. The predicted molar refractivity (Wildman–Crippen MR) is 78.7 cm³/mol. The molecular formula is C15H32N2O2. The summed E-state index contributed by atoms with van der Waals surface area (Å²) in [5, 5.41) is 4.13. The molecule has 0 aliphatic carbocycles. The van der Waals surface area contributed by atoms with E-state index in [0.29, 0.717) is 0 Å². The van der Waals surface area contributed by atoms with Crippen LogP contribution < -0.4 is 0 Å². The van der Waals surface area contributed by atoms with E-state index in [0.717, 1.165) is 26.3 Å². The molecule has 0 radical (unpaired) electrons. The van der Waals surface area contributed by atoms with Gasteiger partial charge in [-0.1, -0.05) is 0 Å². The summed E-state index contributed by atoms with van der Waals surface area (Å²) in [5.41, 5.74) is 0.372. The van der Waals surface area contributed by atoms with Crippen LogP contribution in [-0.2, 0) is 9.68 Å². The molecule has 2 heterocycles. The molecule has 0 atom stereocenters. The van der Waals surface area contributed by atoms with E-state index in [1.807, 2.05) is 5.06 Å². The van der Waals surface area contributed by atoms with E-state index < -0.39 is 0 Å². The van der Waals surface area contributed by atoms with Crippen LogP contribution in [0.2, 0.25) is 0 Å². The molecule has 0 bridgehead atoms. The molecule has 2 saturated heterocycles. The van der Waals surface area contributed by atoms with Gasteiger partial charge in [-0.15, -0.1) is 0 Å². The Morgan fingerprint density at radius 2 is 1.05 bits per heavy atom. The molecular weight excluding hydrogens is 240 g/mol. The summed E-state index contributed by atoms with van der Waals surface area (Å²) in [7, 11) is 0.